The second-order valence-corrected chi connectivity index (χ2v) is 8.32. The van der Waals surface area contributed by atoms with Gasteiger partial charge in [0, 0.05) is 43.6 Å². The molecule has 0 saturated heterocycles. The van der Waals surface area contributed by atoms with E-state index in [0.717, 1.165) is 19.5 Å². The number of aryl methyl sites for hydroxylation is 1. The average Bonchev–Trinajstić information content (AvgIpc) is 3.02. The van der Waals surface area contributed by atoms with Crippen molar-refractivity contribution in [2.45, 2.75) is 26.8 Å². The van der Waals surface area contributed by atoms with E-state index in [1.807, 2.05) is 13.0 Å². The van der Waals surface area contributed by atoms with E-state index >= 15 is 0 Å². The van der Waals surface area contributed by atoms with E-state index in [1.165, 1.54) is 10.9 Å². The zero-order chi connectivity index (χ0) is 18.1. The van der Waals surface area contributed by atoms with Gasteiger partial charge in [0.1, 0.15) is 0 Å². The number of nitrogens with one attached hydrogen (secondary N) is 2. The zero-order valence-electron chi connectivity index (χ0n) is 15.4. The smallest absolute Gasteiger partial charge is 0.191 e. The molecular weight excluding hydrogens is 463 g/mol. The van der Waals surface area contributed by atoms with Crippen molar-refractivity contribution in [1.29, 1.82) is 0 Å². The van der Waals surface area contributed by atoms with Crippen LogP contribution in [0.5, 0.6) is 0 Å². The van der Waals surface area contributed by atoms with Crippen molar-refractivity contribution in [3.05, 3.63) is 36.5 Å². The predicted molar refractivity (Wildman–Crippen MR) is 120 cm³/mol. The monoisotopic (exact) mass is 492 g/mol. The van der Waals surface area contributed by atoms with Crippen molar-refractivity contribution in [1.82, 2.24) is 15.2 Å². The van der Waals surface area contributed by atoms with Gasteiger partial charge in [-0.15, -0.1) is 24.0 Å². The third kappa shape index (κ3) is 7.14. The number of fused-ring (bicyclic) bond motifs is 1. The molecule has 2 N–H and O–H groups in total. The lowest BCUT2D eigenvalue weighted by Crippen LogP contribution is -2.39. The largest absolute Gasteiger partial charge is 0.357 e. The summed E-state index contributed by atoms with van der Waals surface area (Å²) in [5.74, 6) is 0.974. The van der Waals surface area contributed by atoms with Gasteiger partial charge in [0.05, 0.1) is 5.75 Å². The summed E-state index contributed by atoms with van der Waals surface area (Å²) >= 11 is 0. The van der Waals surface area contributed by atoms with Gasteiger partial charge in [0.25, 0.3) is 0 Å². The summed E-state index contributed by atoms with van der Waals surface area (Å²) < 4.78 is 25.3. The molecule has 6 nitrogen and oxygen atoms in total. The maximum Gasteiger partial charge on any atom is 0.191 e. The van der Waals surface area contributed by atoms with Crippen molar-refractivity contribution in [2.24, 2.45) is 4.99 Å². The predicted octanol–water partition coefficient (Wildman–Crippen LogP) is 2.64. The Labute approximate surface area is 173 Å². The topological polar surface area (TPSA) is 75.5 Å². The van der Waals surface area contributed by atoms with E-state index in [1.54, 1.807) is 6.92 Å². The second kappa shape index (κ2) is 11.4. The molecule has 0 aliphatic heterocycles. The number of para-hydroxylation sites is 1. The molecular formula is C18H29IN4O2S. The van der Waals surface area contributed by atoms with Gasteiger partial charge < -0.3 is 15.2 Å². The van der Waals surface area contributed by atoms with Crippen LogP contribution in [0.3, 0.4) is 0 Å². The quantitative estimate of drug-likeness (QED) is 0.244. The van der Waals surface area contributed by atoms with Crippen molar-refractivity contribution in [2.75, 3.05) is 31.1 Å². The summed E-state index contributed by atoms with van der Waals surface area (Å²) in [5, 5.41) is 7.48. The molecule has 1 heterocycles. The van der Waals surface area contributed by atoms with E-state index in [-0.39, 0.29) is 35.5 Å². The Morgan fingerprint density at radius 1 is 1.15 bits per heavy atom. The maximum atomic E-state index is 11.5. The Balaban J connectivity index is 0.00000338. The lowest BCUT2D eigenvalue weighted by atomic mass is 10.2. The molecule has 0 spiro atoms. The summed E-state index contributed by atoms with van der Waals surface area (Å²) in [6.45, 7) is 6.37. The first-order chi connectivity index (χ1) is 12.1. The molecule has 8 heteroatoms. The minimum absolute atomic E-state index is 0. The number of guanidine groups is 1. The summed E-state index contributed by atoms with van der Waals surface area (Å²) in [6.07, 6.45) is 3.02. The van der Waals surface area contributed by atoms with E-state index in [2.05, 4.69) is 50.7 Å². The van der Waals surface area contributed by atoms with Crippen LogP contribution in [0.4, 0.5) is 0 Å². The molecule has 0 fully saturated rings. The number of halogens is 1. The Bertz CT molecular complexity index is 802. The number of benzene rings is 1. The van der Waals surface area contributed by atoms with Gasteiger partial charge in [0.2, 0.25) is 0 Å². The van der Waals surface area contributed by atoms with E-state index in [4.69, 9.17) is 0 Å². The minimum atomic E-state index is -2.95. The van der Waals surface area contributed by atoms with Gasteiger partial charge in [-0.3, -0.25) is 4.99 Å². The Hall–Kier alpha value is -1.29. The van der Waals surface area contributed by atoms with Crippen LogP contribution >= 0.6 is 24.0 Å². The fraction of sp³-hybridized carbons (Fsp3) is 0.500. The number of nitrogens with zero attached hydrogens (tertiary/aromatic N) is 2. The van der Waals surface area contributed by atoms with Gasteiger partial charge in [0.15, 0.2) is 15.8 Å². The van der Waals surface area contributed by atoms with Gasteiger partial charge in [-0.25, -0.2) is 8.42 Å². The fourth-order valence-corrected chi connectivity index (χ4v) is 3.28. The lowest BCUT2D eigenvalue weighted by Gasteiger charge is -2.11. The molecule has 0 amide bonds. The van der Waals surface area contributed by atoms with Crippen LogP contribution in [0.25, 0.3) is 10.9 Å². The third-order valence-electron chi connectivity index (χ3n) is 4.00. The van der Waals surface area contributed by atoms with Crippen LogP contribution in [0.15, 0.2) is 41.5 Å². The minimum Gasteiger partial charge on any atom is -0.357 e. The van der Waals surface area contributed by atoms with Crippen LogP contribution in [0.1, 0.15) is 20.3 Å². The molecule has 0 aliphatic carbocycles. The van der Waals surface area contributed by atoms with Gasteiger partial charge >= 0.3 is 0 Å². The van der Waals surface area contributed by atoms with Crippen molar-refractivity contribution in [3.63, 3.8) is 0 Å². The van der Waals surface area contributed by atoms with Gasteiger partial charge in [-0.1, -0.05) is 25.1 Å². The number of sulfone groups is 1. The molecule has 0 radical (unpaired) electrons. The van der Waals surface area contributed by atoms with Crippen LogP contribution in [-0.2, 0) is 16.4 Å². The molecule has 0 saturated carbocycles. The fourth-order valence-electron chi connectivity index (χ4n) is 2.58. The van der Waals surface area contributed by atoms with Crippen molar-refractivity contribution >= 4 is 50.7 Å². The maximum absolute atomic E-state index is 11.5. The van der Waals surface area contributed by atoms with Gasteiger partial charge in [-0.05, 0) is 30.9 Å². The Morgan fingerprint density at radius 2 is 1.92 bits per heavy atom. The Kier molecular flexibility index (Phi) is 10.0. The molecule has 0 bridgehead atoms. The van der Waals surface area contributed by atoms with Gasteiger partial charge in [-0.2, -0.15) is 0 Å². The molecule has 0 atom stereocenters. The standard InChI is InChI=1S/C18H28N4O2S.HI/c1-3-19-18(21-12-15-25(23,24)4-2)20-11-7-13-22-14-10-16-8-5-6-9-17(16)22;/h5-6,8-10,14H,3-4,7,11-13,15H2,1-2H3,(H2,19,20,21);1H. The summed E-state index contributed by atoms with van der Waals surface area (Å²) in [4.78, 5) is 4.52. The highest BCUT2D eigenvalue weighted by atomic mass is 127. The summed E-state index contributed by atoms with van der Waals surface area (Å²) in [5.41, 5.74) is 1.24. The first-order valence-electron chi connectivity index (χ1n) is 8.82. The van der Waals surface area contributed by atoms with Crippen LogP contribution in [0, 0.1) is 0 Å². The summed E-state index contributed by atoms with van der Waals surface area (Å²) in [6, 6.07) is 10.5. The number of hydrogen-bond donors (Lipinski definition) is 2. The lowest BCUT2D eigenvalue weighted by molar-refractivity contribution is 0.595. The highest BCUT2D eigenvalue weighted by Gasteiger charge is 2.07. The molecule has 0 aliphatic rings. The van der Waals surface area contributed by atoms with Crippen LogP contribution in [0.2, 0.25) is 0 Å². The molecule has 2 rings (SSSR count). The van der Waals surface area contributed by atoms with Crippen LogP contribution in [-0.4, -0.2) is 50.1 Å². The normalized spacial score (nSPS) is 12.0. The molecule has 1 aromatic heterocycles. The van der Waals surface area contributed by atoms with E-state index < -0.39 is 9.84 Å². The first-order valence-corrected chi connectivity index (χ1v) is 10.6. The van der Waals surface area contributed by atoms with Crippen LogP contribution < -0.4 is 10.6 Å². The molecule has 0 unspecified atom stereocenters. The SMILES string of the molecule is CCNC(=NCCCn1ccc2ccccc21)NCCS(=O)(=O)CC.I. The van der Waals surface area contributed by atoms with E-state index in [9.17, 15) is 8.42 Å². The molecule has 146 valence electrons. The zero-order valence-corrected chi connectivity index (χ0v) is 18.6. The number of aromatic nitrogens is 1. The van der Waals surface area contributed by atoms with Crippen molar-refractivity contribution in [3.8, 4) is 0 Å². The number of hydrogen-bond acceptors (Lipinski definition) is 3. The summed E-state index contributed by atoms with van der Waals surface area (Å²) in [7, 11) is -2.95. The second-order valence-electron chi connectivity index (χ2n) is 5.85. The number of aliphatic imine (C=N–C) groups is 1. The first kappa shape index (κ1) is 22.8. The van der Waals surface area contributed by atoms with Crippen molar-refractivity contribution < 1.29 is 8.42 Å². The third-order valence-corrected chi connectivity index (χ3v) is 5.70. The van der Waals surface area contributed by atoms with E-state index in [0.29, 0.717) is 19.0 Å². The number of rotatable bonds is 9. The highest BCUT2D eigenvalue weighted by Crippen LogP contribution is 2.15. The average molecular weight is 492 g/mol. The highest BCUT2D eigenvalue weighted by molar-refractivity contribution is 14.0. The molecule has 2 aromatic rings. The molecule has 26 heavy (non-hydrogen) atoms. The Morgan fingerprint density at radius 3 is 2.65 bits per heavy atom. The molecule has 1 aromatic carbocycles.